The summed E-state index contributed by atoms with van der Waals surface area (Å²) in [7, 11) is 0. The normalized spacial score (nSPS) is 11.0. The van der Waals surface area contributed by atoms with Crippen LogP contribution in [0.1, 0.15) is 9.67 Å². The molecule has 4 nitrogen and oxygen atoms in total. The first-order valence-electron chi connectivity index (χ1n) is 7.90. The summed E-state index contributed by atoms with van der Waals surface area (Å²) in [4.78, 5) is 24.5. The Bertz CT molecular complexity index is 1250. The van der Waals surface area contributed by atoms with Gasteiger partial charge in [-0.3, -0.25) is 9.36 Å². The number of nitrogens with zero attached hydrogens (tertiary/aromatic N) is 1. The van der Waals surface area contributed by atoms with Crippen LogP contribution in [-0.4, -0.2) is 15.6 Å². The lowest BCUT2D eigenvalue weighted by atomic mass is 10.0. The van der Waals surface area contributed by atoms with Gasteiger partial charge in [0, 0.05) is 28.6 Å². The maximum atomic E-state index is 14.4. The van der Waals surface area contributed by atoms with Crippen LogP contribution < -0.4 is 5.56 Å². The molecular weight excluding hydrogens is 372 g/mol. The van der Waals surface area contributed by atoms with Gasteiger partial charge in [-0.2, -0.15) is 0 Å². The van der Waals surface area contributed by atoms with E-state index in [9.17, 15) is 23.5 Å². The predicted molar refractivity (Wildman–Crippen MR) is 99.7 cm³/mol. The molecule has 0 atom stereocenters. The number of fused-ring (bicyclic) bond motifs is 1. The van der Waals surface area contributed by atoms with Crippen molar-refractivity contribution in [1.29, 1.82) is 0 Å². The number of rotatable bonds is 3. The zero-order chi connectivity index (χ0) is 19.1. The molecule has 0 radical (unpaired) electrons. The number of aromatic nitrogens is 1. The van der Waals surface area contributed by atoms with Gasteiger partial charge in [0.15, 0.2) is 0 Å². The van der Waals surface area contributed by atoms with E-state index in [1.807, 2.05) is 0 Å². The average Bonchev–Trinajstić information content (AvgIpc) is 3.02. The van der Waals surface area contributed by atoms with Crippen molar-refractivity contribution in [3.05, 3.63) is 87.5 Å². The summed E-state index contributed by atoms with van der Waals surface area (Å²) in [6, 6.07) is 14.5. The minimum Gasteiger partial charge on any atom is -0.477 e. The second-order valence-electron chi connectivity index (χ2n) is 5.80. The molecule has 2 aromatic heterocycles. The number of para-hydroxylation sites is 1. The predicted octanol–water partition coefficient (Wildman–Crippen LogP) is 4.70. The number of halogens is 2. The Hall–Kier alpha value is -3.32. The maximum Gasteiger partial charge on any atom is 0.346 e. The lowest BCUT2D eigenvalue weighted by Crippen LogP contribution is -2.16. The van der Waals surface area contributed by atoms with Crippen LogP contribution in [0.5, 0.6) is 0 Å². The quantitative estimate of drug-likeness (QED) is 0.558. The number of aromatic carboxylic acids is 1. The van der Waals surface area contributed by atoms with Crippen molar-refractivity contribution in [3.63, 3.8) is 0 Å². The van der Waals surface area contributed by atoms with E-state index < -0.39 is 17.6 Å². The van der Waals surface area contributed by atoms with Gasteiger partial charge in [-0.25, -0.2) is 13.6 Å². The van der Waals surface area contributed by atoms with Gasteiger partial charge < -0.3 is 5.11 Å². The van der Waals surface area contributed by atoms with E-state index in [1.165, 1.54) is 22.8 Å². The van der Waals surface area contributed by atoms with Gasteiger partial charge in [-0.05, 0) is 30.3 Å². The third kappa shape index (κ3) is 2.82. The number of carboxylic acids is 1. The first-order valence-corrected chi connectivity index (χ1v) is 8.71. The van der Waals surface area contributed by atoms with Crippen molar-refractivity contribution in [1.82, 2.24) is 4.57 Å². The van der Waals surface area contributed by atoms with Crippen molar-refractivity contribution >= 4 is 27.5 Å². The van der Waals surface area contributed by atoms with Crippen molar-refractivity contribution in [3.8, 4) is 16.8 Å². The summed E-state index contributed by atoms with van der Waals surface area (Å²) in [6.07, 6.45) is 0. The summed E-state index contributed by atoms with van der Waals surface area (Å²) in [5.41, 5.74) is 0.332. The van der Waals surface area contributed by atoms with Crippen LogP contribution in [0, 0.1) is 11.6 Å². The number of pyridine rings is 1. The molecule has 0 bridgehead atoms. The fourth-order valence-corrected chi connectivity index (χ4v) is 4.18. The highest BCUT2D eigenvalue weighted by atomic mass is 32.1. The number of hydrogen-bond acceptors (Lipinski definition) is 3. The smallest absolute Gasteiger partial charge is 0.346 e. The first kappa shape index (κ1) is 17.1. The molecule has 0 saturated carbocycles. The van der Waals surface area contributed by atoms with E-state index in [0.717, 1.165) is 17.4 Å². The second-order valence-corrected chi connectivity index (χ2v) is 6.80. The topological polar surface area (TPSA) is 59.3 Å². The SMILES string of the molecule is O=C(O)c1sc2c(ccc(=O)n2-c2ccccc2)c1-c1ccc(F)cc1F. The molecule has 1 N–H and O–H groups in total. The zero-order valence-corrected chi connectivity index (χ0v) is 14.5. The van der Waals surface area contributed by atoms with E-state index in [0.29, 0.717) is 22.0 Å². The molecule has 0 aliphatic rings. The molecule has 7 heteroatoms. The fraction of sp³-hybridized carbons (Fsp3) is 0. The Morgan fingerprint density at radius 2 is 1.74 bits per heavy atom. The molecule has 0 aliphatic carbocycles. The van der Waals surface area contributed by atoms with Crippen molar-refractivity contribution < 1.29 is 18.7 Å². The second kappa shape index (κ2) is 6.44. The Labute approximate surface area is 155 Å². The largest absolute Gasteiger partial charge is 0.477 e. The van der Waals surface area contributed by atoms with Crippen LogP contribution in [0.4, 0.5) is 8.78 Å². The Balaban J connectivity index is 2.13. The average molecular weight is 383 g/mol. The molecule has 0 amide bonds. The molecule has 0 spiro atoms. The van der Waals surface area contributed by atoms with Crippen LogP contribution in [-0.2, 0) is 0 Å². The van der Waals surface area contributed by atoms with Gasteiger partial charge in [0.1, 0.15) is 21.3 Å². The van der Waals surface area contributed by atoms with Crippen LogP contribution in [0.2, 0.25) is 0 Å². The van der Waals surface area contributed by atoms with Crippen LogP contribution in [0.3, 0.4) is 0 Å². The molecule has 0 fully saturated rings. The molecule has 4 rings (SSSR count). The molecule has 0 aliphatic heterocycles. The van der Waals surface area contributed by atoms with E-state index in [2.05, 4.69) is 0 Å². The highest BCUT2D eigenvalue weighted by molar-refractivity contribution is 7.21. The molecule has 27 heavy (non-hydrogen) atoms. The maximum absolute atomic E-state index is 14.4. The molecule has 4 aromatic rings. The summed E-state index contributed by atoms with van der Waals surface area (Å²) in [5.74, 6) is -2.87. The first-order chi connectivity index (χ1) is 13.0. The number of thiophene rings is 1. The molecule has 134 valence electrons. The standard InChI is InChI=1S/C20H11F2NO3S/c21-11-6-7-13(15(22)10-11)17-14-8-9-16(24)23(12-4-2-1-3-5-12)19(14)27-18(17)20(25)26/h1-10H,(H,25,26). The van der Waals surface area contributed by atoms with Crippen molar-refractivity contribution in [2.75, 3.05) is 0 Å². The van der Waals surface area contributed by atoms with E-state index >= 15 is 0 Å². The third-order valence-electron chi connectivity index (χ3n) is 4.15. The Morgan fingerprint density at radius 1 is 1.00 bits per heavy atom. The lowest BCUT2D eigenvalue weighted by Gasteiger charge is -2.08. The van der Waals surface area contributed by atoms with E-state index in [4.69, 9.17) is 0 Å². The summed E-state index contributed by atoms with van der Waals surface area (Å²) in [6.45, 7) is 0. The summed E-state index contributed by atoms with van der Waals surface area (Å²) < 4.78 is 29.1. The van der Waals surface area contributed by atoms with E-state index in [1.54, 1.807) is 30.3 Å². The van der Waals surface area contributed by atoms with Gasteiger partial charge in [-0.1, -0.05) is 18.2 Å². The molecule has 2 aromatic carbocycles. The number of carbonyl (C=O) groups is 1. The van der Waals surface area contributed by atoms with Crippen LogP contribution >= 0.6 is 11.3 Å². The van der Waals surface area contributed by atoms with Gasteiger partial charge in [-0.15, -0.1) is 11.3 Å². The molecular formula is C20H11F2NO3S. The van der Waals surface area contributed by atoms with Crippen LogP contribution in [0.15, 0.2) is 65.5 Å². The van der Waals surface area contributed by atoms with Gasteiger partial charge in [0.2, 0.25) is 0 Å². The minimum absolute atomic E-state index is 0.0293. The van der Waals surface area contributed by atoms with Gasteiger partial charge in [0.05, 0.1) is 5.69 Å². The number of benzene rings is 2. The van der Waals surface area contributed by atoms with Gasteiger partial charge >= 0.3 is 5.97 Å². The van der Waals surface area contributed by atoms with Gasteiger partial charge in [0.25, 0.3) is 5.56 Å². The molecule has 2 heterocycles. The third-order valence-corrected chi connectivity index (χ3v) is 5.33. The van der Waals surface area contributed by atoms with Crippen molar-refractivity contribution in [2.45, 2.75) is 0 Å². The highest BCUT2D eigenvalue weighted by Crippen LogP contribution is 2.40. The zero-order valence-electron chi connectivity index (χ0n) is 13.6. The minimum atomic E-state index is -1.25. The molecule has 0 saturated heterocycles. The summed E-state index contributed by atoms with van der Waals surface area (Å²) >= 11 is 0.878. The van der Waals surface area contributed by atoms with Crippen molar-refractivity contribution in [2.24, 2.45) is 0 Å². The Kier molecular flexibility index (Phi) is 4.08. The lowest BCUT2D eigenvalue weighted by molar-refractivity contribution is 0.0703. The summed E-state index contributed by atoms with van der Waals surface area (Å²) in [5, 5.41) is 10.0. The van der Waals surface area contributed by atoms with E-state index in [-0.39, 0.29) is 21.6 Å². The highest BCUT2D eigenvalue weighted by Gasteiger charge is 2.24. The van der Waals surface area contributed by atoms with Crippen LogP contribution in [0.25, 0.3) is 27.0 Å². The molecule has 0 unspecified atom stereocenters. The fourth-order valence-electron chi connectivity index (χ4n) is 3.01. The number of hydrogen-bond donors (Lipinski definition) is 1. The Morgan fingerprint density at radius 3 is 2.41 bits per heavy atom. The number of carboxylic acid groups (broad SMARTS) is 1. The monoisotopic (exact) mass is 383 g/mol.